The van der Waals surface area contributed by atoms with Crippen molar-refractivity contribution in [2.45, 2.75) is 13.8 Å². The van der Waals surface area contributed by atoms with Gasteiger partial charge in [0.25, 0.3) is 5.91 Å². The summed E-state index contributed by atoms with van der Waals surface area (Å²) < 4.78 is 16.9. The Morgan fingerprint density at radius 1 is 1.11 bits per heavy atom. The number of ether oxygens (including phenoxy) is 3. The Hall–Kier alpha value is -3.01. The predicted octanol–water partition coefficient (Wildman–Crippen LogP) is 5.73. The number of nitrogens with zero attached hydrogens (tertiary/aromatic N) is 3. The highest BCUT2D eigenvalue weighted by atomic mass is 35.5. The minimum absolute atomic E-state index is 0.0460. The summed E-state index contributed by atoms with van der Waals surface area (Å²) in [7, 11) is 1.49. The summed E-state index contributed by atoms with van der Waals surface area (Å²) in [5.41, 5.74) is 0.654. The van der Waals surface area contributed by atoms with E-state index < -0.39 is 5.91 Å². The molecule has 2 aromatic carbocycles. The second-order valence-corrected chi connectivity index (χ2v) is 9.58. The van der Waals surface area contributed by atoms with Crippen LogP contribution in [0.2, 0.25) is 10.0 Å². The summed E-state index contributed by atoms with van der Waals surface area (Å²) in [4.78, 5) is 16.7. The summed E-state index contributed by atoms with van der Waals surface area (Å²) in [5, 5.41) is 16.3. The Bertz CT molecular complexity index is 1280. The van der Waals surface area contributed by atoms with E-state index in [4.69, 9.17) is 42.8 Å². The second kappa shape index (κ2) is 10.7. The molecule has 11 heteroatoms. The number of benzene rings is 2. The van der Waals surface area contributed by atoms with Gasteiger partial charge in [-0.1, -0.05) is 49.2 Å². The third kappa shape index (κ3) is 5.47. The summed E-state index contributed by atoms with van der Waals surface area (Å²) in [6.07, 6.45) is 1.54. The van der Waals surface area contributed by atoms with E-state index in [1.54, 1.807) is 24.3 Å². The fourth-order valence-corrected chi connectivity index (χ4v) is 4.58. The van der Waals surface area contributed by atoms with Gasteiger partial charge in [-0.25, -0.2) is 0 Å². The lowest BCUT2D eigenvalue weighted by Gasteiger charge is -2.20. The lowest BCUT2D eigenvalue weighted by molar-refractivity contribution is -0.114. The van der Waals surface area contributed by atoms with E-state index >= 15 is 0 Å². The van der Waals surface area contributed by atoms with E-state index in [2.05, 4.69) is 10.1 Å². The number of methoxy groups -OCH3 is 1. The van der Waals surface area contributed by atoms with E-state index in [1.807, 2.05) is 26.0 Å². The number of thioether (sulfide) groups is 1. The van der Waals surface area contributed by atoms with Gasteiger partial charge >= 0.3 is 0 Å². The number of aliphatic imine (C=N–C) groups is 1. The molecule has 1 amide bonds. The standard InChI is InChI=1S/C24H22Cl2N4O4S/c1-13(2)23-29-30-21(27)15(22(31)28-24(30)35-23)10-14-11-17(26)20(19(12-14)32-3)34-9-8-33-18-7-5-4-6-16(18)25/h4-7,10-13,27H,8-9H2,1-3H3/b15-10-,27-21?. The molecule has 0 unspecified atom stereocenters. The molecule has 0 aliphatic carbocycles. The minimum atomic E-state index is -0.513. The van der Waals surface area contributed by atoms with Gasteiger partial charge in [-0.05, 0) is 47.7 Å². The summed E-state index contributed by atoms with van der Waals surface area (Å²) in [5.74, 6) is 0.875. The van der Waals surface area contributed by atoms with Gasteiger partial charge in [0.05, 0.1) is 22.7 Å². The third-order valence-corrected chi connectivity index (χ3v) is 6.75. The zero-order chi connectivity index (χ0) is 25.1. The Kier molecular flexibility index (Phi) is 7.69. The van der Waals surface area contributed by atoms with Gasteiger partial charge in [-0.15, -0.1) is 0 Å². The van der Waals surface area contributed by atoms with Crippen LogP contribution < -0.4 is 14.2 Å². The van der Waals surface area contributed by atoms with E-state index in [0.717, 1.165) is 5.04 Å². The summed E-state index contributed by atoms with van der Waals surface area (Å²) in [6, 6.07) is 10.5. The number of rotatable bonds is 8. The van der Waals surface area contributed by atoms with Gasteiger partial charge in [-0.2, -0.15) is 15.1 Å². The van der Waals surface area contributed by atoms with Crippen LogP contribution in [0.25, 0.3) is 6.08 Å². The number of carbonyl (C=O) groups is 1. The zero-order valence-corrected chi connectivity index (χ0v) is 21.5. The monoisotopic (exact) mass is 532 g/mol. The van der Waals surface area contributed by atoms with Crippen LogP contribution in [0.3, 0.4) is 0 Å². The molecule has 8 nitrogen and oxygen atoms in total. The van der Waals surface area contributed by atoms with Gasteiger partial charge in [0.2, 0.25) is 5.17 Å². The van der Waals surface area contributed by atoms with Crippen LogP contribution in [0.15, 0.2) is 52.1 Å². The molecule has 0 atom stereocenters. The Balaban J connectivity index is 1.50. The van der Waals surface area contributed by atoms with Crippen LogP contribution in [0.1, 0.15) is 19.4 Å². The molecule has 0 aromatic heterocycles. The number of carbonyl (C=O) groups excluding carboxylic acids is 1. The number of fused-ring (bicyclic) bond motifs is 1. The van der Waals surface area contributed by atoms with Gasteiger partial charge in [-0.3, -0.25) is 10.2 Å². The number of amidine groups is 2. The zero-order valence-electron chi connectivity index (χ0n) is 19.2. The molecule has 2 aliphatic rings. The van der Waals surface area contributed by atoms with Gasteiger partial charge in [0.1, 0.15) is 24.0 Å². The number of hydrogen-bond donors (Lipinski definition) is 1. The van der Waals surface area contributed by atoms with Crippen LogP contribution in [-0.4, -0.2) is 47.3 Å². The van der Waals surface area contributed by atoms with Crippen molar-refractivity contribution in [3.8, 4) is 17.2 Å². The largest absolute Gasteiger partial charge is 0.493 e. The second-order valence-electron chi connectivity index (χ2n) is 7.77. The predicted molar refractivity (Wildman–Crippen MR) is 140 cm³/mol. The first kappa shape index (κ1) is 25.1. The fraction of sp³-hybridized carbons (Fsp3) is 0.250. The molecule has 2 aliphatic heterocycles. The average molecular weight is 533 g/mol. The number of para-hydroxylation sites is 1. The molecule has 35 heavy (non-hydrogen) atoms. The molecule has 0 bridgehead atoms. The van der Waals surface area contributed by atoms with Crippen LogP contribution in [0, 0.1) is 11.3 Å². The van der Waals surface area contributed by atoms with Crippen molar-refractivity contribution in [2.75, 3.05) is 20.3 Å². The average Bonchev–Trinajstić information content (AvgIpc) is 3.26. The van der Waals surface area contributed by atoms with E-state index in [9.17, 15) is 4.79 Å². The van der Waals surface area contributed by atoms with Crippen molar-refractivity contribution in [3.63, 3.8) is 0 Å². The molecular weight excluding hydrogens is 511 g/mol. The minimum Gasteiger partial charge on any atom is -0.493 e. The van der Waals surface area contributed by atoms with Gasteiger partial charge in [0.15, 0.2) is 17.3 Å². The van der Waals surface area contributed by atoms with Crippen molar-refractivity contribution in [3.05, 3.63) is 57.6 Å². The first-order chi connectivity index (χ1) is 16.8. The van der Waals surface area contributed by atoms with Crippen molar-refractivity contribution in [1.82, 2.24) is 5.01 Å². The van der Waals surface area contributed by atoms with Crippen molar-refractivity contribution < 1.29 is 19.0 Å². The lowest BCUT2D eigenvalue weighted by atomic mass is 10.1. The normalized spacial score (nSPS) is 16.4. The smallest absolute Gasteiger partial charge is 0.283 e. The number of nitrogens with one attached hydrogen (secondary N) is 1. The molecule has 0 saturated heterocycles. The van der Waals surface area contributed by atoms with Crippen molar-refractivity contribution in [1.29, 1.82) is 5.41 Å². The Labute approximate surface area is 217 Å². The molecule has 4 rings (SSSR count). The fourth-order valence-electron chi connectivity index (χ4n) is 3.23. The Morgan fingerprint density at radius 3 is 2.57 bits per heavy atom. The van der Waals surface area contributed by atoms with Crippen molar-refractivity contribution in [2.24, 2.45) is 16.0 Å². The van der Waals surface area contributed by atoms with E-state index in [-0.39, 0.29) is 35.6 Å². The lowest BCUT2D eigenvalue weighted by Crippen LogP contribution is -2.35. The summed E-state index contributed by atoms with van der Waals surface area (Å²) >= 11 is 13.9. The van der Waals surface area contributed by atoms with Crippen LogP contribution in [-0.2, 0) is 4.79 Å². The molecule has 0 saturated carbocycles. The summed E-state index contributed by atoms with van der Waals surface area (Å²) in [6.45, 7) is 4.43. The maximum Gasteiger partial charge on any atom is 0.283 e. The van der Waals surface area contributed by atoms with E-state index in [1.165, 1.54) is 30.0 Å². The van der Waals surface area contributed by atoms with Crippen LogP contribution >= 0.6 is 35.0 Å². The highest BCUT2D eigenvalue weighted by Crippen LogP contribution is 2.38. The highest BCUT2D eigenvalue weighted by Gasteiger charge is 2.36. The van der Waals surface area contributed by atoms with Crippen LogP contribution in [0.5, 0.6) is 17.2 Å². The first-order valence-electron chi connectivity index (χ1n) is 10.7. The maximum atomic E-state index is 12.7. The number of halogens is 2. The number of amides is 1. The third-order valence-electron chi connectivity index (χ3n) is 4.95. The molecule has 2 aromatic rings. The van der Waals surface area contributed by atoms with E-state index in [0.29, 0.717) is 33.0 Å². The molecule has 2 heterocycles. The quantitative estimate of drug-likeness (QED) is 0.344. The first-order valence-corrected chi connectivity index (χ1v) is 12.2. The SMILES string of the molecule is COc1cc(/C=C2/C(=N)N3N=C(C(C)C)SC3=NC2=O)cc(Cl)c1OCCOc1ccccc1Cl. The van der Waals surface area contributed by atoms with Crippen LogP contribution in [0.4, 0.5) is 0 Å². The number of hydrazone groups is 1. The Morgan fingerprint density at radius 2 is 1.86 bits per heavy atom. The molecule has 0 radical (unpaired) electrons. The van der Waals surface area contributed by atoms with Crippen molar-refractivity contribution >= 4 is 63.0 Å². The van der Waals surface area contributed by atoms with Gasteiger partial charge in [0, 0.05) is 5.92 Å². The molecule has 182 valence electrons. The maximum absolute atomic E-state index is 12.7. The topological polar surface area (TPSA) is 96.6 Å². The molecular formula is C24H22Cl2N4O4S. The molecule has 0 spiro atoms. The molecule has 1 N–H and O–H groups in total. The highest BCUT2D eigenvalue weighted by molar-refractivity contribution is 8.27. The molecule has 0 fully saturated rings. The number of hydrogen-bond acceptors (Lipinski definition) is 7. The van der Waals surface area contributed by atoms with Gasteiger partial charge < -0.3 is 14.2 Å².